The Hall–Kier alpha value is -4.02. The fraction of sp³-hybridized carbons (Fsp3) is 0.296. The van der Waals surface area contributed by atoms with Crippen molar-refractivity contribution in [2.75, 3.05) is 23.3 Å². The summed E-state index contributed by atoms with van der Waals surface area (Å²) >= 11 is 6.56. The average Bonchev–Trinajstić information content (AvgIpc) is 3.39. The van der Waals surface area contributed by atoms with E-state index >= 15 is 0 Å². The normalized spacial score (nSPS) is 16.2. The quantitative estimate of drug-likeness (QED) is 0.355. The van der Waals surface area contributed by atoms with Gasteiger partial charge in [0.05, 0.1) is 16.8 Å². The van der Waals surface area contributed by atoms with Crippen LogP contribution in [0.5, 0.6) is 11.5 Å². The second kappa shape index (κ2) is 10.4. The molecule has 0 spiro atoms. The highest BCUT2D eigenvalue weighted by molar-refractivity contribution is 6.32. The molecule has 5 rings (SSSR count). The highest BCUT2D eigenvalue weighted by atomic mass is 35.5. The summed E-state index contributed by atoms with van der Waals surface area (Å²) in [5.74, 6) is 2.38. The van der Waals surface area contributed by atoms with Gasteiger partial charge in [-0.25, -0.2) is 24.9 Å². The Morgan fingerprint density at radius 2 is 2.08 bits per heavy atom. The van der Waals surface area contributed by atoms with Crippen LogP contribution in [0.15, 0.2) is 66.8 Å². The van der Waals surface area contributed by atoms with Gasteiger partial charge in [0.15, 0.2) is 5.82 Å². The molecular formula is C27H29ClN8O2. The van der Waals surface area contributed by atoms with Crippen LogP contribution in [-0.4, -0.2) is 48.3 Å². The Kier molecular flexibility index (Phi) is 7.00. The third kappa shape index (κ3) is 5.46. The molecule has 11 heteroatoms. The largest absolute Gasteiger partial charge is 0.456 e. The van der Waals surface area contributed by atoms with Gasteiger partial charge in [0.25, 0.3) is 0 Å². The van der Waals surface area contributed by atoms with Gasteiger partial charge in [-0.1, -0.05) is 18.2 Å². The first kappa shape index (κ1) is 25.6. The van der Waals surface area contributed by atoms with Crippen LogP contribution >= 0.6 is 11.6 Å². The van der Waals surface area contributed by atoms with Crippen molar-refractivity contribution in [2.45, 2.75) is 25.9 Å². The maximum absolute atomic E-state index is 10.4. The van der Waals surface area contributed by atoms with Gasteiger partial charge in [-0.2, -0.15) is 0 Å². The van der Waals surface area contributed by atoms with Crippen molar-refractivity contribution in [1.82, 2.24) is 24.5 Å². The highest BCUT2D eigenvalue weighted by Crippen LogP contribution is 2.33. The smallest absolute Gasteiger partial charge is 0.226 e. The number of ether oxygens (including phenoxy) is 1. The summed E-state index contributed by atoms with van der Waals surface area (Å²) in [5.41, 5.74) is 1.88. The van der Waals surface area contributed by atoms with Crippen molar-refractivity contribution in [1.29, 1.82) is 0 Å². The van der Waals surface area contributed by atoms with Crippen LogP contribution in [0.2, 0.25) is 5.02 Å². The molecule has 1 unspecified atom stereocenters. The molecule has 0 saturated carbocycles. The van der Waals surface area contributed by atoms with E-state index in [1.807, 2.05) is 43.8 Å². The molecule has 0 bridgehead atoms. The van der Waals surface area contributed by atoms with Gasteiger partial charge in [0.1, 0.15) is 34.3 Å². The van der Waals surface area contributed by atoms with Gasteiger partial charge >= 0.3 is 0 Å². The third-order valence-electron chi connectivity index (χ3n) is 6.58. The molecule has 0 amide bonds. The number of fused-ring (bicyclic) bond motifs is 1. The number of nitrogens with zero attached hydrogens (tertiary/aromatic N) is 7. The van der Waals surface area contributed by atoms with E-state index in [2.05, 4.69) is 36.7 Å². The van der Waals surface area contributed by atoms with Gasteiger partial charge in [0, 0.05) is 50.2 Å². The maximum atomic E-state index is 10.4. The number of aliphatic hydroxyl groups is 1. The molecule has 4 heterocycles. The molecule has 0 aliphatic carbocycles. The topological polar surface area (TPSA) is 114 Å². The number of halogens is 1. The van der Waals surface area contributed by atoms with Gasteiger partial charge in [-0.05, 0) is 44.5 Å². The lowest BCUT2D eigenvalue weighted by Gasteiger charge is -2.25. The van der Waals surface area contributed by atoms with Crippen molar-refractivity contribution in [3.63, 3.8) is 0 Å². The van der Waals surface area contributed by atoms with Gasteiger partial charge in [-0.3, -0.25) is 0 Å². The van der Waals surface area contributed by atoms with Gasteiger partial charge in [0.2, 0.25) is 5.95 Å². The molecule has 38 heavy (non-hydrogen) atoms. The van der Waals surface area contributed by atoms with E-state index in [1.54, 1.807) is 24.4 Å². The number of rotatable bonds is 7. The predicted octanol–water partition coefficient (Wildman–Crippen LogP) is 4.59. The number of hydrogen-bond donors (Lipinski definition) is 2. The van der Waals surface area contributed by atoms with Crippen molar-refractivity contribution in [2.24, 2.45) is 18.0 Å². The maximum Gasteiger partial charge on any atom is 0.226 e. The molecule has 4 aromatic rings. The number of benzene rings is 1. The van der Waals surface area contributed by atoms with Crippen molar-refractivity contribution < 1.29 is 9.84 Å². The van der Waals surface area contributed by atoms with Crippen molar-refractivity contribution in [3.05, 3.63) is 72.3 Å². The summed E-state index contributed by atoms with van der Waals surface area (Å²) in [6.45, 7) is 8.79. The Labute approximate surface area is 225 Å². The lowest BCUT2D eigenvalue weighted by Crippen LogP contribution is -2.33. The van der Waals surface area contributed by atoms with E-state index in [-0.39, 0.29) is 5.92 Å². The van der Waals surface area contributed by atoms with Gasteiger partial charge in [-0.15, -0.1) is 0 Å². The fourth-order valence-corrected chi connectivity index (χ4v) is 4.58. The van der Waals surface area contributed by atoms with Crippen LogP contribution in [0, 0.1) is 5.92 Å². The monoisotopic (exact) mass is 532 g/mol. The molecule has 0 radical (unpaired) electrons. The average molecular weight is 533 g/mol. The van der Waals surface area contributed by atoms with Crippen LogP contribution in [0.1, 0.15) is 20.3 Å². The molecular weight excluding hydrogens is 504 g/mol. The minimum absolute atomic E-state index is 0.149. The molecule has 1 saturated heterocycles. The Balaban J connectivity index is 1.37. The molecule has 1 atom stereocenters. The molecule has 10 nitrogen and oxygen atoms in total. The Morgan fingerprint density at radius 1 is 1.24 bits per heavy atom. The molecule has 1 fully saturated rings. The number of pyridine rings is 1. The Morgan fingerprint density at radius 3 is 2.82 bits per heavy atom. The van der Waals surface area contributed by atoms with Crippen LogP contribution in [0.25, 0.3) is 11.0 Å². The second-order valence-corrected chi connectivity index (χ2v) is 10.1. The van der Waals surface area contributed by atoms with Crippen molar-refractivity contribution in [3.8, 4) is 11.5 Å². The van der Waals surface area contributed by atoms with Crippen LogP contribution in [0.4, 0.5) is 17.5 Å². The minimum atomic E-state index is -0.752. The number of aromatic nitrogens is 5. The van der Waals surface area contributed by atoms with Crippen LogP contribution in [-0.2, 0) is 7.05 Å². The van der Waals surface area contributed by atoms with E-state index < -0.39 is 5.60 Å². The van der Waals surface area contributed by atoms with Crippen LogP contribution < -0.4 is 20.4 Å². The van der Waals surface area contributed by atoms with Crippen molar-refractivity contribution >= 4 is 40.1 Å². The van der Waals surface area contributed by atoms with Crippen LogP contribution in [0.3, 0.4) is 0 Å². The Bertz CT molecular complexity index is 1560. The minimum Gasteiger partial charge on any atom is -0.456 e. The fourth-order valence-electron chi connectivity index (χ4n) is 4.36. The van der Waals surface area contributed by atoms with E-state index in [0.29, 0.717) is 57.0 Å². The SMILES string of the molecule is C=C/N=c1/cc(Oc2ccc(Nc3ncnc4cnc(N5CCC(C(C)(C)O)C5)nc34)cc2Cl)ccn1C. The summed E-state index contributed by atoms with van der Waals surface area (Å²) in [5, 5.41) is 14.1. The van der Waals surface area contributed by atoms with Gasteiger partial charge < -0.3 is 24.6 Å². The first-order valence-corrected chi connectivity index (χ1v) is 12.6. The summed E-state index contributed by atoms with van der Waals surface area (Å²) in [4.78, 5) is 24.3. The highest BCUT2D eigenvalue weighted by Gasteiger charge is 2.34. The predicted molar refractivity (Wildman–Crippen MR) is 148 cm³/mol. The lowest BCUT2D eigenvalue weighted by atomic mass is 9.91. The number of nitrogens with one attached hydrogen (secondary N) is 1. The molecule has 2 N–H and O–H groups in total. The zero-order valence-electron chi connectivity index (χ0n) is 21.5. The number of anilines is 3. The van der Waals surface area contributed by atoms with E-state index in [0.717, 1.165) is 13.0 Å². The molecule has 1 aliphatic heterocycles. The second-order valence-electron chi connectivity index (χ2n) is 9.73. The first-order valence-electron chi connectivity index (χ1n) is 12.2. The summed E-state index contributed by atoms with van der Waals surface area (Å²) in [7, 11) is 1.89. The molecule has 1 aliphatic rings. The zero-order valence-corrected chi connectivity index (χ0v) is 22.2. The standard InChI is InChI=1S/C27H29ClN8O2/c1-5-29-23-13-19(9-10-35(23)4)38-22-7-6-18(12-20(22)28)33-25-24-21(31-16-32-25)14-30-26(34-24)36-11-8-17(15-36)27(2,3)37/h5-7,9-10,12-14,16-17,37H,1,8,11,15H2,2-4H3,(H,31,32,33)/b29-23-. The summed E-state index contributed by atoms with van der Waals surface area (Å²) < 4.78 is 7.86. The summed E-state index contributed by atoms with van der Waals surface area (Å²) in [6, 6.07) is 9.04. The number of aryl methyl sites for hydroxylation is 1. The van der Waals surface area contributed by atoms with E-state index in [4.69, 9.17) is 21.3 Å². The zero-order chi connectivity index (χ0) is 26.9. The third-order valence-corrected chi connectivity index (χ3v) is 6.87. The number of hydrogen-bond acceptors (Lipinski definition) is 9. The van der Waals surface area contributed by atoms with E-state index in [9.17, 15) is 5.11 Å². The van der Waals surface area contributed by atoms with E-state index in [1.165, 1.54) is 12.5 Å². The molecule has 3 aromatic heterocycles. The molecule has 196 valence electrons. The summed E-state index contributed by atoms with van der Waals surface area (Å²) in [6.07, 6.45) is 7.37. The molecule has 1 aromatic carbocycles. The first-order chi connectivity index (χ1) is 18.2. The lowest BCUT2D eigenvalue weighted by molar-refractivity contribution is 0.0263.